The van der Waals surface area contributed by atoms with E-state index in [1.54, 1.807) is 12.1 Å². The summed E-state index contributed by atoms with van der Waals surface area (Å²) in [6, 6.07) is 7.25. The van der Waals surface area contributed by atoms with Gasteiger partial charge in [0, 0.05) is 31.0 Å². The van der Waals surface area contributed by atoms with Crippen LogP contribution in [-0.4, -0.2) is 18.3 Å². The zero-order valence-electron chi connectivity index (χ0n) is 7.43. The molecular weight excluding hydrogens is 206 g/mol. The van der Waals surface area contributed by atoms with Crippen molar-refractivity contribution in [2.24, 2.45) is 0 Å². The van der Waals surface area contributed by atoms with Crippen molar-refractivity contribution in [3.05, 3.63) is 24.3 Å². The average molecular weight is 217 g/mol. The van der Waals surface area contributed by atoms with Gasteiger partial charge in [-0.15, -0.1) is 0 Å². The monoisotopic (exact) mass is 217 g/mol. The standard InChI is InChI=1S/C8H11NO2S2/c1-9(2)7-3-5-8(6-4-7)11-13(10)12/h3-6,13H,1-2H3. The molecule has 3 nitrogen and oxygen atoms in total. The van der Waals surface area contributed by atoms with Crippen molar-refractivity contribution >= 4 is 26.5 Å². The molecule has 1 aromatic rings. The number of benzene rings is 1. The van der Waals surface area contributed by atoms with E-state index in [-0.39, 0.29) is 0 Å². The number of anilines is 1. The number of hydrogen-bond donors (Lipinski definition) is 1. The summed E-state index contributed by atoms with van der Waals surface area (Å²) >= 11 is 4.42. The molecule has 0 amide bonds. The summed E-state index contributed by atoms with van der Waals surface area (Å²) in [7, 11) is 1.91. The van der Waals surface area contributed by atoms with Gasteiger partial charge in [0.05, 0.1) is 0 Å². The SMILES string of the molecule is CN(C)c1ccc(O[SH](=O)=S)cc1. The quantitative estimate of drug-likeness (QED) is 0.765. The molecule has 0 aliphatic rings. The summed E-state index contributed by atoms with van der Waals surface area (Å²) in [5.41, 5.74) is 1.06. The van der Waals surface area contributed by atoms with Crippen LogP contribution in [0.15, 0.2) is 24.3 Å². The summed E-state index contributed by atoms with van der Waals surface area (Å²) in [5.74, 6) is 0.543. The fraction of sp³-hybridized carbons (Fsp3) is 0.250. The highest BCUT2D eigenvalue weighted by Gasteiger charge is 1.95. The number of thiol groups is 1. The molecule has 1 unspecified atom stereocenters. The molecule has 0 radical (unpaired) electrons. The van der Waals surface area contributed by atoms with Crippen molar-refractivity contribution in [3.63, 3.8) is 0 Å². The lowest BCUT2D eigenvalue weighted by Crippen LogP contribution is -2.07. The predicted octanol–water partition coefficient (Wildman–Crippen LogP) is 0.989. The molecule has 5 heteroatoms. The smallest absolute Gasteiger partial charge is 0.174 e. The zero-order valence-corrected chi connectivity index (χ0v) is 9.14. The van der Waals surface area contributed by atoms with Crippen LogP contribution in [0.1, 0.15) is 0 Å². The zero-order chi connectivity index (χ0) is 9.84. The first kappa shape index (κ1) is 10.3. The van der Waals surface area contributed by atoms with Crippen LogP contribution in [-0.2, 0) is 20.8 Å². The molecule has 1 aromatic carbocycles. The van der Waals surface area contributed by atoms with Gasteiger partial charge in [-0.05, 0) is 24.3 Å². The molecule has 13 heavy (non-hydrogen) atoms. The van der Waals surface area contributed by atoms with E-state index in [1.807, 2.05) is 31.1 Å². The lowest BCUT2D eigenvalue weighted by molar-refractivity contribution is 0.579. The fourth-order valence-electron chi connectivity index (χ4n) is 0.891. The highest BCUT2D eigenvalue weighted by molar-refractivity contribution is 8.19. The first-order valence-corrected chi connectivity index (χ1v) is 5.88. The van der Waals surface area contributed by atoms with Crippen LogP contribution in [0.4, 0.5) is 5.69 Å². The van der Waals surface area contributed by atoms with E-state index in [4.69, 9.17) is 4.18 Å². The van der Waals surface area contributed by atoms with Crippen LogP contribution >= 0.6 is 0 Å². The summed E-state index contributed by atoms with van der Waals surface area (Å²) in [4.78, 5) is 1.97. The van der Waals surface area contributed by atoms with Gasteiger partial charge in [0.2, 0.25) is 0 Å². The Morgan fingerprint density at radius 3 is 2.23 bits per heavy atom. The van der Waals surface area contributed by atoms with Crippen molar-refractivity contribution in [1.29, 1.82) is 0 Å². The van der Waals surface area contributed by atoms with Gasteiger partial charge < -0.3 is 9.08 Å². The molecule has 1 rings (SSSR count). The largest absolute Gasteiger partial charge is 0.403 e. The van der Waals surface area contributed by atoms with Crippen molar-refractivity contribution in [3.8, 4) is 5.75 Å². The van der Waals surface area contributed by atoms with Crippen LogP contribution in [0.25, 0.3) is 0 Å². The predicted molar refractivity (Wildman–Crippen MR) is 58.3 cm³/mol. The summed E-state index contributed by atoms with van der Waals surface area (Å²) in [6.45, 7) is 0. The van der Waals surface area contributed by atoms with Gasteiger partial charge in [0.15, 0.2) is 9.64 Å². The van der Waals surface area contributed by atoms with Crippen LogP contribution in [0.2, 0.25) is 0 Å². The van der Waals surface area contributed by atoms with Crippen LogP contribution in [0.3, 0.4) is 0 Å². The maximum absolute atomic E-state index is 10.6. The highest BCUT2D eigenvalue weighted by Crippen LogP contribution is 2.17. The summed E-state index contributed by atoms with van der Waals surface area (Å²) < 4.78 is 15.4. The Bertz CT molecular complexity index is 336. The molecule has 0 saturated carbocycles. The Hall–Kier alpha value is -0.810. The van der Waals surface area contributed by atoms with Gasteiger partial charge in [-0.1, -0.05) is 0 Å². The Balaban J connectivity index is 2.81. The van der Waals surface area contributed by atoms with Crippen molar-refractivity contribution in [2.75, 3.05) is 19.0 Å². The third-order valence-electron chi connectivity index (χ3n) is 1.53. The molecule has 0 spiro atoms. The lowest BCUT2D eigenvalue weighted by atomic mass is 10.3. The minimum Gasteiger partial charge on any atom is -0.403 e. The molecular formula is C8H11NO2S2. The van der Waals surface area contributed by atoms with E-state index in [0.29, 0.717) is 5.75 Å². The maximum atomic E-state index is 10.6. The Kier molecular flexibility index (Phi) is 3.50. The Morgan fingerprint density at radius 1 is 1.31 bits per heavy atom. The number of hydrogen-bond acceptors (Lipinski definition) is 4. The second kappa shape index (κ2) is 4.43. The third-order valence-corrected chi connectivity index (χ3v) is 2.12. The maximum Gasteiger partial charge on any atom is 0.174 e. The van der Waals surface area contributed by atoms with Gasteiger partial charge in [0.25, 0.3) is 0 Å². The molecule has 0 saturated heterocycles. The minimum absolute atomic E-state index is 0.543. The molecule has 0 fully saturated rings. The van der Waals surface area contributed by atoms with E-state index in [2.05, 4.69) is 11.2 Å². The van der Waals surface area contributed by atoms with Crippen LogP contribution in [0, 0.1) is 0 Å². The lowest BCUT2D eigenvalue weighted by Gasteiger charge is -2.11. The Morgan fingerprint density at radius 2 is 1.85 bits per heavy atom. The first-order chi connectivity index (χ1) is 6.09. The van der Waals surface area contributed by atoms with Crippen LogP contribution in [0.5, 0.6) is 5.75 Å². The molecule has 0 heterocycles. The van der Waals surface area contributed by atoms with E-state index >= 15 is 0 Å². The molecule has 0 aliphatic carbocycles. The van der Waals surface area contributed by atoms with Gasteiger partial charge in [0.1, 0.15) is 5.75 Å². The van der Waals surface area contributed by atoms with E-state index in [1.165, 1.54) is 0 Å². The van der Waals surface area contributed by atoms with Gasteiger partial charge in [-0.3, -0.25) is 0 Å². The third kappa shape index (κ3) is 3.20. The van der Waals surface area contributed by atoms with E-state index in [9.17, 15) is 4.21 Å². The van der Waals surface area contributed by atoms with E-state index in [0.717, 1.165) is 5.69 Å². The highest BCUT2D eigenvalue weighted by atomic mass is 32.8. The van der Waals surface area contributed by atoms with Crippen molar-refractivity contribution in [2.45, 2.75) is 0 Å². The summed E-state index contributed by atoms with van der Waals surface area (Å²) in [5, 5.41) is 0. The number of nitrogens with zero attached hydrogens (tertiary/aromatic N) is 1. The summed E-state index contributed by atoms with van der Waals surface area (Å²) in [6.07, 6.45) is 0. The molecule has 1 atom stereocenters. The second-order valence-electron chi connectivity index (χ2n) is 2.70. The van der Waals surface area contributed by atoms with Crippen LogP contribution < -0.4 is 9.08 Å². The second-order valence-corrected chi connectivity index (χ2v) is 4.23. The molecule has 72 valence electrons. The first-order valence-electron chi connectivity index (χ1n) is 3.69. The fourth-order valence-corrected chi connectivity index (χ4v) is 1.44. The van der Waals surface area contributed by atoms with Crippen molar-refractivity contribution < 1.29 is 8.39 Å². The topological polar surface area (TPSA) is 29.5 Å². The average Bonchev–Trinajstić information content (AvgIpc) is 2.04. The normalized spacial score (nSPS) is 12.2. The number of rotatable bonds is 3. The minimum atomic E-state index is -1.98. The Labute approximate surface area is 84.2 Å². The van der Waals surface area contributed by atoms with E-state index < -0.39 is 9.64 Å². The molecule has 0 bridgehead atoms. The van der Waals surface area contributed by atoms with Gasteiger partial charge in [-0.25, -0.2) is 4.21 Å². The van der Waals surface area contributed by atoms with Gasteiger partial charge in [-0.2, -0.15) is 0 Å². The molecule has 0 aliphatic heterocycles. The molecule has 0 aromatic heterocycles. The van der Waals surface area contributed by atoms with Crippen molar-refractivity contribution in [1.82, 2.24) is 0 Å². The van der Waals surface area contributed by atoms with Gasteiger partial charge >= 0.3 is 0 Å². The molecule has 0 N–H and O–H groups in total.